The Labute approximate surface area is 85.1 Å². The number of Topliss-reactive ketones (excluding diaryl/α,β-unsaturated/α-hetero) is 1. The number of ketones is 1. The lowest BCUT2D eigenvalue weighted by Gasteiger charge is -2.11. The fraction of sp³-hybridized carbons (Fsp3) is 0.900. The number of rotatable bonds is 8. The third kappa shape index (κ3) is 7.08. The van der Waals surface area contributed by atoms with Crippen molar-refractivity contribution in [2.75, 3.05) is 18.1 Å². The van der Waals surface area contributed by atoms with Crippen LogP contribution in [0.5, 0.6) is 0 Å². The predicted octanol–water partition coefficient (Wildman–Crippen LogP) is 2.11. The Morgan fingerprint density at radius 2 is 2.15 bits per heavy atom. The molecule has 0 saturated heterocycles. The van der Waals surface area contributed by atoms with Crippen LogP contribution in [0.4, 0.5) is 0 Å². The summed E-state index contributed by atoms with van der Waals surface area (Å²) in [5, 5.41) is 8.73. The minimum absolute atomic E-state index is 0.0856. The molecule has 1 unspecified atom stereocenters. The van der Waals surface area contributed by atoms with Crippen molar-refractivity contribution in [1.82, 2.24) is 0 Å². The molecule has 0 fully saturated rings. The van der Waals surface area contributed by atoms with E-state index in [1.165, 1.54) is 0 Å². The van der Waals surface area contributed by atoms with Crippen LogP contribution in [-0.4, -0.2) is 29.0 Å². The van der Waals surface area contributed by atoms with E-state index >= 15 is 0 Å². The maximum Gasteiger partial charge on any atom is 0.132 e. The first kappa shape index (κ1) is 13.0. The molecule has 0 heterocycles. The topological polar surface area (TPSA) is 37.3 Å². The van der Waals surface area contributed by atoms with Crippen molar-refractivity contribution in [3.05, 3.63) is 0 Å². The second-order valence-electron chi connectivity index (χ2n) is 3.16. The number of aliphatic hydroxyl groups is 1. The smallest absolute Gasteiger partial charge is 0.132 e. The van der Waals surface area contributed by atoms with Gasteiger partial charge in [0.1, 0.15) is 5.78 Å². The first-order valence-electron chi connectivity index (χ1n) is 4.91. The molecule has 13 heavy (non-hydrogen) atoms. The van der Waals surface area contributed by atoms with Crippen LogP contribution < -0.4 is 0 Å². The van der Waals surface area contributed by atoms with Gasteiger partial charge in [0.05, 0.1) is 0 Å². The van der Waals surface area contributed by atoms with Gasteiger partial charge in [0.2, 0.25) is 0 Å². The Hall–Kier alpha value is -0.0200. The molecule has 1 N–H and O–H groups in total. The zero-order valence-corrected chi connectivity index (χ0v) is 9.40. The van der Waals surface area contributed by atoms with Gasteiger partial charge in [-0.3, -0.25) is 4.79 Å². The maximum absolute atomic E-state index is 11.1. The minimum Gasteiger partial charge on any atom is -0.396 e. The van der Waals surface area contributed by atoms with Gasteiger partial charge in [-0.1, -0.05) is 6.92 Å². The number of carbonyl (C=O) groups is 1. The largest absolute Gasteiger partial charge is 0.396 e. The summed E-state index contributed by atoms with van der Waals surface area (Å²) in [5.74, 6) is 2.58. The standard InChI is InChI=1S/C10H20O2S/c1-3-13-8-4-5-10(6-7-11)9(2)12/h10-11H,3-8H2,1-2H3. The first-order valence-corrected chi connectivity index (χ1v) is 6.06. The molecule has 0 aromatic heterocycles. The zero-order chi connectivity index (χ0) is 10.1. The van der Waals surface area contributed by atoms with Gasteiger partial charge in [0.25, 0.3) is 0 Å². The van der Waals surface area contributed by atoms with Gasteiger partial charge in [-0.05, 0) is 37.7 Å². The molecule has 0 aliphatic rings. The van der Waals surface area contributed by atoms with E-state index in [0.29, 0.717) is 6.42 Å². The van der Waals surface area contributed by atoms with Gasteiger partial charge in [-0.2, -0.15) is 11.8 Å². The summed E-state index contributed by atoms with van der Waals surface area (Å²) in [6.45, 7) is 3.89. The van der Waals surface area contributed by atoms with Crippen LogP contribution in [0.15, 0.2) is 0 Å². The molecule has 0 rings (SSSR count). The third-order valence-electron chi connectivity index (χ3n) is 2.10. The normalized spacial score (nSPS) is 12.8. The lowest BCUT2D eigenvalue weighted by molar-refractivity contribution is -0.121. The molecule has 0 radical (unpaired) electrons. The maximum atomic E-state index is 11.1. The van der Waals surface area contributed by atoms with Crippen LogP contribution >= 0.6 is 11.8 Å². The highest BCUT2D eigenvalue weighted by molar-refractivity contribution is 7.99. The SMILES string of the molecule is CCSCCCC(CCO)C(C)=O. The Balaban J connectivity index is 3.51. The molecule has 0 saturated carbocycles. The van der Waals surface area contributed by atoms with Gasteiger partial charge in [-0.25, -0.2) is 0 Å². The average molecular weight is 204 g/mol. The number of carbonyl (C=O) groups excluding carboxylic acids is 1. The van der Waals surface area contributed by atoms with Gasteiger partial charge in [0.15, 0.2) is 0 Å². The van der Waals surface area contributed by atoms with E-state index in [0.717, 1.165) is 24.3 Å². The van der Waals surface area contributed by atoms with Gasteiger partial charge >= 0.3 is 0 Å². The van der Waals surface area contributed by atoms with E-state index in [1.54, 1.807) is 6.92 Å². The van der Waals surface area contributed by atoms with Crippen molar-refractivity contribution < 1.29 is 9.90 Å². The fourth-order valence-corrected chi connectivity index (χ4v) is 1.94. The third-order valence-corrected chi connectivity index (χ3v) is 3.08. The van der Waals surface area contributed by atoms with Crippen molar-refractivity contribution in [1.29, 1.82) is 0 Å². The molecule has 0 bridgehead atoms. The minimum atomic E-state index is 0.0856. The Morgan fingerprint density at radius 3 is 2.62 bits per heavy atom. The molecular formula is C10H20O2S. The number of hydrogen-bond donors (Lipinski definition) is 1. The van der Waals surface area contributed by atoms with Gasteiger partial charge in [0, 0.05) is 12.5 Å². The van der Waals surface area contributed by atoms with Gasteiger partial charge < -0.3 is 5.11 Å². The first-order chi connectivity index (χ1) is 6.22. The summed E-state index contributed by atoms with van der Waals surface area (Å²) in [6, 6.07) is 0. The molecule has 0 spiro atoms. The monoisotopic (exact) mass is 204 g/mol. The molecule has 0 aliphatic heterocycles. The van der Waals surface area contributed by atoms with E-state index in [4.69, 9.17) is 5.11 Å². The van der Waals surface area contributed by atoms with E-state index in [9.17, 15) is 4.79 Å². The van der Waals surface area contributed by atoms with Crippen molar-refractivity contribution in [3.8, 4) is 0 Å². The lowest BCUT2D eigenvalue weighted by atomic mass is 9.96. The molecule has 2 nitrogen and oxygen atoms in total. The quantitative estimate of drug-likeness (QED) is 0.615. The summed E-state index contributed by atoms with van der Waals surface area (Å²) < 4.78 is 0. The van der Waals surface area contributed by atoms with Crippen LogP contribution in [-0.2, 0) is 4.79 Å². The highest BCUT2D eigenvalue weighted by Gasteiger charge is 2.12. The molecule has 0 aromatic rings. The predicted molar refractivity (Wildman–Crippen MR) is 58.1 cm³/mol. The number of thioether (sulfide) groups is 1. The summed E-state index contributed by atoms with van der Waals surface area (Å²) in [4.78, 5) is 11.1. The van der Waals surface area contributed by atoms with E-state index < -0.39 is 0 Å². The van der Waals surface area contributed by atoms with E-state index in [-0.39, 0.29) is 18.3 Å². The van der Waals surface area contributed by atoms with Crippen molar-refractivity contribution in [3.63, 3.8) is 0 Å². The van der Waals surface area contributed by atoms with Crippen molar-refractivity contribution in [2.24, 2.45) is 5.92 Å². The molecule has 3 heteroatoms. The zero-order valence-electron chi connectivity index (χ0n) is 8.58. The summed E-state index contributed by atoms with van der Waals surface area (Å²) in [7, 11) is 0. The van der Waals surface area contributed by atoms with Crippen LogP contribution in [0, 0.1) is 5.92 Å². The Kier molecular flexibility index (Phi) is 8.56. The van der Waals surface area contributed by atoms with Crippen LogP contribution in [0.3, 0.4) is 0 Å². The van der Waals surface area contributed by atoms with Crippen molar-refractivity contribution in [2.45, 2.75) is 33.1 Å². The highest BCUT2D eigenvalue weighted by Crippen LogP contribution is 2.14. The summed E-state index contributed by atoms with van der Waals surface area (Å²) in [6.07, 6.45) is 2.65. The fourth-order valence-electron chi connectivity index (χ4n) is 1.28. The number of hydrogen-bond acceptors (Lipinski definition) is 3. The summed E-state index contributed by atoms with van der Waals surface area (Å²) in [5.41, 5.74) is 0. The average Bonchev–Trinajstić information content (AvgIpc) is 2.10. The van der Waals surface area contributed by atoms with Crippen LogP contribution in [0.25, 0.3) is 0 Å². The summed E-state index contributed by atoms with van der Waals surface area (Å²) >= 11 is 1.91. The lowest BCUT2D eigenvalue weighted by Crippen LogP contribution is -2.12. The van der Waals surface area contributed by atoms with Crippen molar-refractivity contribution >= 4 is 17.5 Å². The molecule has 0 aromatic carbocycles. The Morgan fingerprint density at radius 1 is 1.46 bits per heavy atom. The number of aliphatic hydroxyl groups excluding tert-OH is 1. The molecular weight excluding hydrogens is 184 g/mol. The molecule has 78 valence electrons. The second-order valence-corrected chi connectivity index (χ2v) is 4.55. The second kappa shape index (κ2) is 8.57. The molecule has 0 aliphatic carbocycles. The van der Waals surface area contributed by atoms with E-state index in [2.05, 4.69) is 6.92 Å². The molecule has 1 atom stereocenters. The van der Waals surface area contributed by atoms with Crippen LogP contribution in [0.1, 0.15) is 33.1 Å². The van der Waals surface area contributed by atoms with E-state index in [1.807, 2.05) is 11.8 Å². The molecule has 0 amide bonds. The van der Waals surface area contributed by atoms with Crippen LogP contribution in [0.2, 0.25) is 0 Å². The van der Waals surface area contributed by atoms with Gasteiger partial charge in [-0.15, -0.1) is 0 Å². The highest BCUT2D eigenvalue weighted by atomic mass is 32.2. The Bertz CT molecular complexity index is 137.